The molecular weight excluding hydrogens is 320 g/mol. The van der Waals surface area contributed by atoms with Crippen LogP contribution in [0.3, 0.4) is 0 Å². The average Bonchev–Trinajstić information content (AvgIpc) is 3.00. The van der Waals surface area contributed by atoms with E-state index in [2.05, 4.69) is 4.98 Å². The third-order valence-corrected chi connectivity index (χ3v) is 4.69. The summed E-state index contributed by atoms with van der Waals surface area (Å²) in [6.45, 7) is 0. The first-order valence-corrected chi connectivity index (χ1v) is 7.73. The molecule has 0 unspecified atom stereocenters. The summed E-state index contributed by atoms with van der Waals surface area (Å²) in [5, 5.41) is 9.70. The fourth-order valence-corrected chi connectivity index (χ4v) is 3.55. The molecule has 0 radical (unpaired) electrons. The van der Waals surface area contributed by atoms with Crippen LogP contribution in [0.25, 0.3) is 22.1 Å². The largest absolute Gasteiger partial charge is 0.506 e. The van der Waals surface area contributed by atoms with E-state index in [0.29, 0.717) is 9.49 Å². The number of benzene rings is 2. The molecule has 0 aliphatic rings. The van der Waals surface area contributed by atoms with Crippen LogP contribution in [-0.4, -0.2) is 14.5 Å². The molecular formula is C16H9ClN2O2S. The van der Waals surface area contributed by atoms with E-state index >= 15 is 0 Å². The van der Waals surface area contributed by atoms with Crippen LogP contribution in [0.5, 0.6) is 5.75 Å². The first-order valence-electron chi connectivity index (χ1n) is 6.54. The highest BCUT2D eigenvalue weighted by atomic mass is 35.5. The van der Waals surface area contributed by atoms with E-state index in [9.17, 15) is 9.90 Å². The number of thiazole rings is 1. The monoisotopic (exact) mass is 328 g/mol. The molecule has 0 fully saturated rings. The van der Waals surface area contributed by atoms with Crippen LogP contribution < -0.4 is 10.1 Å². The molecule has 4 aromatic rings. The molecule has 0 saturated heterocycles. The second-order valence-electron chi connectivity index (χ2n) is 4.85. The van der Waals surface area contributed by atoms with E-state index in [4.69, 9.17) is 11.6 Å². The first-order chi connectivity index (χ1) is 10.6. The van der Waals surface area contributed by atoms with Crippen LogP contribution in [0.15, 0.2) is 47.3 Å². The maximum atomic E-state index is 12.6. The second-order valence-corrected chi connectivity index (χ2v) is 6.26. The van der Waals surface area contributed by atoms with Gasteiger partial charge in [-0.3, -0.25) is 4.79 Å². The molecule has 0 amide bonds. The van der Waals surface area contributed by atoms with Crippen molar-refractivity contribution in [3.63, 3.8) is 0 Å². The molecule has 6 heteroatoms. The second kappa shape index (κ2) is 4.83. The van der Waals surface area contributed by atoms with Gasteiger partial charge in [-0.05, 0) is 35.9 Å². The number of hydrogen-bond donors (Lipinski definition) is 1. The minimum atomic E-state index is -0.0992. The van der Waals surface area contributed by atoms with Crippen LogP contribution >= 0.6 is 22.9 Å². The zero-order chi connectivity index (χ0) is 15.3. The number of rotatable bonds is 1. The normalized spacial score (nSPS) is 12.5. The van der Waals surface area contributed by atoms with Crippen molar-refractivity contribution in [1.29, 1.82) is 0 Å². The van der Waals surface area contributed by atoms with Gasteiger partial charge in [0, 0.05) is 0 Å². The van der Waals surface area contributed by atoms with Crippen molar-refractivity contribution in [3.8, 4) is 5.75 Å². The van der Waals surface area contributed by atoms with Gasteiger partial charge in [-0.2, -0.15) is 0 Å². The van der Waals surface area contributed by atoms with E-state index in [1.165, 1.54) is 17.4 Å². The summed E-state index contributed by atoms with van der Waals surface area (Å²) >= 11 is 7.23. The van der Waals surface area contributed by atoms with Crippen LogP contribution in [0.1, 0.15) is 5.56 Å². The van der Waals surface area contributed by atoms with Gasteiger partial charge >= 0.3 is 0 Å². The van der Waals surface area contributed by atoms with Crippen LogP contribution in [0.4, 0.5) is 0 Å². The SMILES string of the molecule is O=c1/c(=C/c2ccc(O)c(Cl)c2)sc2nc3ccccc3n12. The lowest BCUT2D eigenvalue weighted by Crippen LogP contribution is -2.22. The van der Waals surface area contributed by atoms with Gasteiger partial charge in [0.05, 0.1) is 20.6 Å². The van der Waals surface area contributed by atoms with Gasteiger partial charge in [0.15, 0.2) is 4.96 Å². The Bertz CT molecular complexity index is 1130. The summed E-state index contributed by atoms with van der Waals surface area (Å²) in [7, 11) is 0. The minimum absolute atomic E-state index is 0.0214. The number of imidazole rings is 1. The lowest BCUT2D eigenvalue weighted by Gasteiger charge is -1.96. The van der Waals surface area contributed by atoms with E-state index in [1.807, 2.05) is 24.3 Å². The number of aromatic nitrogens is 2. The highest BCUT2D eigenvalue weighted by Crippen LogP contribution is 2.24. The number of nitrogens with zero attached hydrogens (tertiary/aromatic N) is 2. The Morgan fingerprint density at radius 1 is 1.23 bits per heavy atom. The minimum Gasteiger partial charge on any atom is -0.506 e. The molecule has 1 N–H and O–H groups in total. The molecule has 0 spiro atoms. The number of halogens is 1. The number of fused-ring (bicyclic) bond motifs is 3. The third kappa shape index (κ3) is 1.98. The van der Waals surface area contributed by atoms with Crippen LogP contribution in [-0.2, 0) is 0 Å². The average molecular weight is 329 g/mol. The van der Waals surface area contributed by atoms with Crippen molar-refractivity contribution in [2.45, 2.75) is 0 Å². The Labute approximate surface area is 133 Å². The van der Waals surface area contributed by atoms with Crippen LogP contribution in [0.2, 0.25) is 5.02 Å². The van der Waals surface area contributed by atoms with Crippen molar-refractivity contribution in [2.24, 2.45) is 0 Å². The van der Waals surface area contributed by atoms with E-state index in [-0.39, 0.29) is 16.3 Å². The zero-order valence-electron chi connectivity index (χ0n) is 11.2. The van der Waals surface area contributed by atoms with Gasteiger partial charge in [0.1, 0.15) is 5.75 Å². The maximum absolute atomic E-state index is 12.6. The Morgan fingerprint density at radius 2 is 2.05 bits per heavy atom. The molecule has 0 aliphatic heterocycles. The summed E-state index contributed by atoms with van der Waals surface area (Å²) in [5.41, 5.74) is 2.28. The quantitative estimate of drug-likeness (QED) is 0.584. The molecule has 0 bridgehead atoms. The molecule has 0 saturated carbocycles. The van der Waals surface area contributed by atoms with Crippen molar-refractivity contribution in [2.75, 3.05) is 0 Å². The Hall–Kier alpha value is -2.37. The molecule has 0 atom stereocenters. The fourth-order valence-electron chi connectivity index (χ4n) is 2.38. The number of aromatic hydroxyl groups is 1. The van der Waals surface area contributed by atoms with Crippen molar-refractivity contribution >= 4 is 45.0 Å². The van der Waals surface area contributed by atoms with Crippen LogP contribution in [0, 0.1) is 0 Å². The fraction of sp³-hybridized carbons (Fsp3) is 0. The van der Waals surface area contributed by atoms with Gasteiger partial charge in [0.2, 0.25) is 0 Å². The van der Waals surface area contributed by atoms with Crippen molar-refractivity contribution in [1.82, 2.24) is 9.38 Å². The summed E-state index contributed by atoms with van der Waals surface area (Å²) in [4.78, 5) is 17.7. The van der Waals surface area contributed by atoms with Gasteiger partial charge in [-0.1, -0.05) is 41.1 Å². The number of para-hydroxylation sites is 2. The van der Waals surface area contributed by atoms with Gasteiger partial charge in [0.25, 0.3) is 5.56 Å². The highest BCUT2D eigenvalue weighted by Gasteiger charge is 2.10. The molecule has 2 aromatic heterocycles. The Kier molecular flexibility index (Phi) is 2.92. The van der Waals surface area contributed by atoms with E-state index in [1.54, 1.807) is 22.6 Å². The van der Waals surface area contributed by atoms with E-state index < -0.39 is 0 Å². The zero-order valence-corrected chi connectivity index (χ0v) is 12.7. The van der Waals surface area contributed by atoms with Gasteiger partial charge in [-0.15, -0.1) is 0 Å². The predicted molar refractivity (Wildman–Crippen MR) is 88.7 cm³/mol. The summed E-state index contributed by atoms with van der Waals surface area (Å²) < 4.78 is 2.20. The predicted octanol–water partition coefficient (Wildman–Crippen LogP) is 2.82. The summed E-state index contributed by atoms with van der Waals surface area (Å²) in [6.07, 6.45) is 1.75. The summed E-state index contributed by atoms with van der Waals surface area (Å²) in [5.74, 6) is 0.0214. The summed E-state index contributed by atoms with van der Waals surface area (Å²) in [6, 6.07) is 12.4. The first kappa shape index (κ1) is 13.3. The standard InChI is InChI=1S/C16H9ClN2O2S/c17-10-7-9(5-6-13(10)20)8-14-15(21)19-12-4-2-1-3-11(12)18-16(19)22-14/h1-8,20H/b14-8-. The highest BCUT2D eigenvalue weighted by molar-refractivity contribution is 7.15. The maximum Gasteiger partial charge on any atom is 0.274 e. The van der Waals surface area contributed by atoms with E-state index in [0.717, 1.165) is 16.6 Å². The molecule has 2 aromatic carbocycles. The topological polar surface area (TPSA) is 54.6 Å². The molecule has 108 valence electrons. The molecule has 4 rings (SSSR count). The smallest absolute Gasteiger partial charge is 0.274 e. The molecule has 0 aliphatic carbocycles. The lowest BCUT2D eigenvalue weighted by atomic mass is 10.2. The Balaban J connectivity index is 1.99. The number of phenolic OH excluding ortho intramolecular Hbond substituents is 1. The van der Waals surface area contributed by atoms with Gasteiger partial charge in [-0.25, -0.2) is 9.38 Å². The van der Waals surface area contributed by atoms with Crippen molar-refractivity contribution < 1.29 is 5.11 Å². The lowest BCUT2D eigenvalue weighted by molar-refractivity contribution is 0.475. The number of hydrogen-bond acceptors (Lipinski definition) is 4. The Morgan fingerprint density at radius 3 is 2.86 bits per heavy atom. The third-order valence-electron chi connectivity index (χ3n) is 3.41. The molecule has 2 heterocycles. The number of phenols is 1. The van der Waals surface area contributed by atoms with Gasteiger partial charge < -0.3 is 5.11 Å². The molecule has 4 nitrogen and oxygen atoms in total. The van der Waals surface area contributed by atoms with Crippen molar-refractivity contribution in [3.05, 3.63) is 67.9 Å². The molecule has 22 heavy (non-hydrogen) atoms.